The molecule has 0 amide bonds. The molecule has 174 valence electrons. The van der Waals surface area contributed by atoms with Gasteiger partial charge in [-0.1, -0.05) is 52.1 Å². The van der Waals surface area contributed by atoms with Gasteiger partial charge in [-0.2, -0.15) is 9.78 Å². The van der Waals surface area contributed by atoms with Gasteiger partial charge in [0.15, 0.2) is 0 Å². The highest BCUT2D eigenvalue weighted by Gasteiger charge is 2.11. The van der Waals surface area contributed by atoms with E-state index in [0.29, 0.717) is 45.5 Å². The van der Waals surface area contributed by atoms with E-state index >= 15 is 0 Å². The minimum Gasteiger partial charge on any atom is -0.488 e. The number of aryl methyl sites for hydroxylation is 1. The molecule has 0 fully saturated rings. The Kier molecular flexibility index (Phi) is 8.09. The second kappa shape index (κ2) is 11.0. The first-order valence-corrected chi connectivity index (χ1v) is 12.8. The molecule has 1 aromatic heterocycles. The first kappa shape index (κ1) is 24.9. The Morgan fingerprint density at radius 2 is 1.88 bits per heavy atom. The summed E-state index contributed by atoms with van der Waals surface area (Å²) in [5.41, 5.74) is 2.17. The van der Waals surface area contributed by atoms with Gasteiger partial charge in [0.1, 0.15) is 18.2 Å². The molecule has 0 spiro atoms. The average molecular weight is 624 g/mol. The second-order valence-electron chi connectivity index (χ2n) is 7.53. The van der Waals surface area contributed by atoms with Gasteiger partial charge in [0.25, 0.3) is 5.56 Å². The Morgan fingerprint density at radius 1 is 1.06 bits per heavy atom. The zero-order chi connectivity index (χ0) is 24.2. The van der Waals surface area contributed by atoms with Crippen molar-refractivity contribution in [1.82, 2.24) is 9.66 Å². The van der Waals surface area contributed by atoms with Crippen LogP contribution in [0.5, 0.6) is 5.75 Å². The van der Waals surface area contributed by atoms with Gasteiger partial charge >= 0.3 is 0 Å². The van der Waals surface area contributed by atoms with Gasteiger partial charge in [0.05, 0.1) is 31.6 Å². The lowest BCUT2D eigenvalue weighted by molar-refractivity contribution is 0.304. The van der Waals surface area contributed by atoms with Crippen LogP contribution in [-0.4, -0.2) is 15.9 Å². The molecule has 5 nitrogen and oxygen atoms in total. The molecule has 0 aliphatic heterocycles. The zero-order valence-corrected chi connectivity index (χ0v) is 22.7. The molecule has 0 atom stereocenters. The molecule has 0 saturated heterocycles. The minimum absolute atomic E-state index is 0.202. The number of fused-ring (bicyclic) bond motifs is 1. The first-order valence-electron chi connectivity index (χ1n) is 10.5. The molecular formula is C25H19Br2Cl2N3O2. The van der Waals surface area contributed by atoms with E-state index in [9.17, 15) is 4.79 Å². The molecule has 0 unspecified atom stereocenters. The number of aromatic nitrogens is 2. The maximum Gasteiger partial charge on any atom is 0.282 e. The summed E-state index contributed by atoms with van der Waals surface area (Å²) in [5, 5.41) is 5.97. The SMILES string of the molecule is CCCc1nc2ccc(Br)cc2c(=O)n1N=Cc1ccc(OCc2ccc(Cl)c(Cl)c2)c(Br)c1. The van der Waals surface area contributed by atoms with Crippen molar-refractivity contribution in [2.24, 2.45) is 5.10 Å². The largest absolute Gasteiger partial charge is 0.488 e. The highest BCUT2D eigenvalue weighted by molar-refractivity contribution is 9.10. The van der Waals surface area contributed by atoms with Crippen LogP contribution in [0.15, 0.2) is 73.4 Å². The molecule has 4 rings (SSSR count). The number of benzene rings is 3. The van der Waals surface area contributed by atoms with Crippen molar-refractivity contribution >= 4 is 72.2 Å². The van der Waals surface area contributed by atoms with E-state index in [0.717, 1.165) is 26.5 Å². The van der Waals surface area contributed by atoms with E-state index < -0.39 is 0 Å². The molecule has 0 N–H and O–H groups in total. The van der Waals surface area contributed by atoms with Gasteiger partial charge in [0, 0.05) is 10.9 Å². The minimum atomic E-state index is -0.202. The maximum absolute atomic E-state index is 13.1. The third-order valence-electron chi connectivity index (χ3n) is 5.01. The lowest BCUT2D eigenvalue weighted by Gasteiger charge is -2.10. The monoisotopic (exact) mass is 621 g/mol. The third kappa shape index (κ3) is 5.71. The molecule has 0 aliphatic rings. The van der Waals surface area contributed by atoms with E-state index in [1.54, 1.807) is 24.4 Å². The number of hydrogen-bond donors (Lipinski definition) is 0. The van der Waals surface area contributed by atoms with E-state index in [4.69, 9.17) is 27.9 Å². The Balaban J connectivity index is 1.58. The number of ether oxygens (including phenoxy) is 1. The standard InChI is InChI=1S/C25H19Br2Cl2N3O2/c1-2-3-24-31-22-8-6-17(26)12-18(22)25(33)32(24)30-13-15-5-9-23(19(27)10-15)34-14-16-4-7-20(28)21(29)11-16/h4-13H,2-3,14H2,1H3. The van der Waals surface area contributed by atoms with Crippen molar-refractivity contribution in [2.45, 2.75) is 26.4 Å². The second-order valence-corrected chi connectivity index (χ2v) is 10.1. The fraction of sp³-hybridized carbons (Fsp3) is 0.160. The summed E-state index contributed by atoms with van der Waals surface area (Å²) in [5.74, 6) is 1.29. The number of halogens is 4. The normalized spacial score (nSPS) is 11.4. The van der Waals surface area contributed by atoms with Gasteiger partial charge in [-0.05, 0) is 82.0 Å². The molecule has 0 bridgehead atoms. The van der Waals surface area contributed by atoms with Gasteiger partial charge < -0.3 is 4.74 Å². The van der Waals surface area contributed by atoms with Crippen LogP contribution < -0.4 is 10.3 Å². The van der Waals surface area contributed by atoms with Gasteiger partial charge in [-0.3, -0.25) is 4.79 Å². The quantitative estimate of drug-likeness (QED) is 0.199. The average Bonchev–Trinajstić information content (AvgIpc) is 2.81. The summed E-state index contributed by atoms with van der Waals surface area (Å²) >= 11 is 19.0. The smallest absolute Gasteiger partial charge is 0.282 e. The topological polar surface area (TPSA) is 56.5 Å². The van der Waals surface area contributed by atoms with Crippen LogP contribution in [0.3, 0.4) is 0 Å². The maximum atomic E-state index is 13.1. The Hall–Kier alpha value is -2.19. The Labute approximate surface area is 223 Å². The van der Waals surface area contributed by atoms with Crippen molar-refractivity contribution in [2.75, 3.05) is 0 Å². The molecule has 4 aromatic rings. The molecule has 0 aliphatic carbocycles. The molecule has 0 saturated carbocycles. The Bertz CT molecular complexity index is 1450. The predicted molar refractivity (Wildman–Crippen MR) is 146 cm³/mol. The number of nitrogens with zero attached hydrogens (tertiary/aromatic N) is 3. The molecule has 3 aromatic carbocycles. The molecule has 34 heavy (non-hydrogen) atoms. The lowest BCUT2D eigenvalue weighted by atomic mass is 10.2. The van der Waals surface area contributed by atoms with E-state index in [-0.39, 0.29) is 5.56 Å². The number of hydrogen-bond acceptors (Lipinski definition) is 4. The van der Waals surface area contributed by atoms with Crippen molar-refractivity contribution < 1.29 is 4.74 Å². The van der Waals surface area contributed by atoms with Crippen molar-refractivity contribution in [3.8, 4) is 5.75 Å². The number of rotatable bonds is 7. The summed E-state index contributed by atoms with van der Waals surface area (Å²) in [6.07, 6.45) is 3.13. The summed E-state index contributed by atoms with van der Waals surface area (Å²) in [6, 6.07) is 16.5. The van der Waals surface area contributed by atoms with Crippen LogP contribution in [0.1, 0.15) is 30.3 Å². The van der Waals surface area contributed by atoms with Gasteiger partial charge in [-0.25, -0.2) is 4.98 Å². The predicted octanol–water partition coefficient (Wildman–Crippen LogP) is 7.64. The first-order chi connectivity index (χ1) is 16.4. The van der Waals surface area contributed by atoms with Crippen LogP contribution in [0.4, 0.5) is 0 Å². The third-order valence-corrected chi connectivity index (χ3v) is 6.86. The van der Waals surface area contributed by atoms with Crippen LogP contribution in [0, 0.1) is 0 Å². The molecule has 0 radical (unpaired) electrons. The fourth-order valence-electron chi connectivity index (χ4n) is 3.33. The van der Waals surface area contributed by atoms with Crippen molar-refractivity contribution in [3.05, 3.63) is 101 Å². The molecular weight excluding hydrogens is 605 g/mol. The Morgan fingerprint density at radius 3 is 2.62 bits per heavy atom. The van der Waals surface area contributed by atoms with Crippen molar-refractivity contribution in [1.29, 1.82) is 0 Å². The lowest BCUT2D eigenvalue weighted by Crippen LogP contribution is -2.22. The van der Waals surface area contributed by atoms with Crippen LogP contribution in [0.25, 0.3) is 10.9 Å². The summed E-state index contributed by atoms with van der Waals surface area (Å²) in [7, 11) is 0. The zero-order valence-electron chi connectivity index (χ0n) is 18.1. The fourth-order valence-corrected chi connectivity index (χ4v) is 4.52. The van der Waals surface area contributed by atoms with Crippen LogP contribution in [0.2, 0.25) is 10.0 Å². The van der Waals surface area contributed by atoms with Crippen LogP contribution in [-0.2, 0) is 13.0 Å². The summed E-state index contributed by atoms with van der Waals surface area (Å²) in [6.45, 7) is 2.39. The highest BCUT2D eigenvalue weighted by Crippen LogP contribution is 2.28. The highest BCUT2D eigenvalue weighted by atomic mass is 79.9. The van der Waals surface area contributed by atoms with E-state index in [1.807, 2.05) is 43.3 Å². The van der Waals surface area contributed by atoms with E-state index in [2.05, 4.69) is 41.9 Å². The van der Waals surface area contributed by atoms with Gasteiger partial charge in [0.2, 0.25) is 0 Å². The molecule has 9 heteroatoms. The van der Waals surface area contributed by atoms with Crippen molar-refractivity contribution in [3.63, 3.8) is 0 Å². The van der Waals surface area contributed by atoms with Crippen LogP contribution >= 0.6 is 55.1 Å². The van der Waals surface area contributed by atoms with E-state index in [1.165, 1.54) is 4.68 Å². The summed E-state index contributed by atoms with van der Waals surface area (Å²) in [4.78, 5) is 17.8. The molecule has 1 heterocycles. The van der Waals surface area contributed by atoms with Gasteiger partial charge in [-0.15, -0.1) is 0 Å². The summed E-state index contributed by atoms with van der Waals surface area (Å²) < 4.78 is 8.86.